The highest BCUT2D eigenvalue weighted by atomic mass is 14.9. The second-order valence-corrected chi connectivity index (χ2v) is 5.40. The molecule has 2 rings (SSSR count). The van der Waals surface area contributed by atoms with Crippen molar-refractivity contribution in [3.05, 3.63) is 35.4 Å². The first kappa shape index (κ1) is 11.7. The minimum atomic E-state index is 0.640. The second kappa shape index (κ2) is 5.01. The van der Waals surface area contributed by atoms with Crippen LogP contribution in [0.5, 0.6) is 0 Å². The molecule has 2 unspecified atom stereocenters. The van der Waals surface area contributed by atoms with Crippen LogP contribution in [0.25, 0.3) is 0 Å². The monoisotopic (exact) mass is 217 g/mol. The largest absolute Gasteiger partial charge is 0.314 e. The summed E-state index contributed by atoms with van der Waals surface area (Å²) < 4.78 is 0. The molecule has 0 saturated carbocycles. The molecule has 0 amide bonds. The van der Waals surface area contributed by atoms with Crippen LogP contribution in [0, 0.1) is 0 Å². The third-order valence-electron chi connectivity index (χ3n) is 3.70. The Morgan fingerprint density at radius 2 is 1.88 bits per heavy atom. The van der Waals surface area contributed by atoms with Crippen LogP contribution in [0.1, 0.15) is 56.6 Å². The Morgan fingerprint density at radius 3 is 2.44 bits per heavy atom. The number of piperidine rings is 1. The SMILES string of the molecule is CC1CC(c2ccc(C(C)C)cc2)CCN1. The Balaban J connectivity index is 2.09. The van der Waals surface area contributed by atoms with E-state index in [-0.39, 0.29) is 0 Å². The predicted molar refractivity (Wildman–Crippen MR) is 70.0 cm³/mol. The lowest BCUT2D eigenvalue weighted by atomic mass is 9.86. The van der Waals surface area contributed by atoms with E-state index in [0.29, 0.717) is 12.0 Å². The van der Waals surface area contributed by atoms with Gasteiger partial charge < -0.3 is 5.32 Å². The maximum absolute atomic E-state index is 3.51. The summed E-state index contributed by atoms with van der Waals surface area (Å²) in [5.74, 6) is 1.40. The topological polar surface area (TPSA) is 12.0 Å². The molecule has 1 aliphatic heterocycles. The van der Waals surface area contributed by atoms with Gasteiger partial charge in [0.15, 0.2) is 0 Å². The number of hydrogen-bond acceptors (Lipinski definition) is 1. The van der Waals surface area contributed by atoms with Gasteiger partial charge in [0.2, 0.25) is 0 Å². The van der Waals surface area contributed by atoms with Crippen molar-refractivity contribution in [1.29, 1.82) is 0 Å². The van der Waals surface area contributed by atoms with E-state index in [0.717, 1.165) is 12.5 Å². The van der Waals surface area contributed by atoms with Crippen LogP contribution < -0.4 is 5.32 Å². The molecule has 1 aliphatic rings. The molecule has 1 heterocycles. The van der Waals surface area contributed by atoms with Gasteiger partial charge in [-0.3, -0.25) is 0 Å². The van der Waals surface area contributed by atoms with Gasteiger partial charge in [-0.15, -0.1) is 0 Å². The van der Waals surface area contributed by atoms with Crippen LogP contribution in [-0.2, 0) is 0 Å². The second-order valence-electron chi connectivity index (χ2n) is 5.40. The first-order valence-electron chi connectivity index (χ1n) is 6.50. The third-order valence-corrected chi connectivity index (χ3v) is 3.70. The van der Waals surface area contributed by atoms with E-state index < -0.39 is 0 Å². The third kappa shape index (κ3) is 2.65. The zero-order chi connectivity index (χ0) is 11.5. The quantitative estimate of drug-likeness (QED) is 0.797. The first-order valence-corrected chi connectivity index (χ1v) is 6.50. The van der Waals surface area contributed by atoms with E-state index in [9.17, 15) is 0 Å². The summed E-state index contributed by atoms with van der Waals surface area (Å²) in [5.41, 5.74) is 2.98. The highest BCUT2D eigenvalue weighted by molar-refractivity contribution is 5.27. The van der Waals surface area contributed by atoms with Gasteiger partial charge in [-0.2, -0.15) is 0 Å². The molecule has 1 fully saturated rings. The van der Waals surface area contributed by atoms with Gasteiger partial charge in [-0.1, -0.05) is 38.1 Å². The van der Waals surface area contributed by atoms with Crippen molar-refractivity contribution in [3.8, 4) is 0 Å². The normalized spacial score (nSPS) is 26.0. The van der Waals surface area contributed by atoms with Gasteiger partial charge in [0.1, 0.15) is 0 Å². The zero-order valence-corrected chi connectivity index (χ0v) is 10.7. The van der Waals surface area contributed by atoms with Crippen molar-refractivity contribution in [1.82, 2.24) is 5.32 Å². The average molecular weight is 217 g/mol. The maximum Gasteiger partial charge on any atom is 0.00445 e. The van der Waals surface area contributed by atoms with Crippen molar-refractivity contribution in [2.75, 3.05) is 6.54 Å². The van der Waals surface area contributed by atoms with E-state index >= 15 is 0 Å². The molecule has 0 aromatic heterocycles. The Labute approximate surface area is 99.3 Å². The molecule has 88 valence electrons. The van der Waals surface area contributed by atoms with E-state index in [1.54, 1.807) is 0 Å². The summed E-state index contributed by atoms with van der Waals surface area (Å²) in [4.78, 5) is 0. The minimum absolute atomic E-state index is 0.640. The number of nitrogens with one attached hydrogen (secondary N) is 1. The Kier molecular flexibility index (Phi) is 3.65. The Morgan fingerprint density at radius 1 is 1.19 bits per heavy atom. The molecule has 0 radical (unpaired) electrons. The Bertz CT molecular complexity index is 326. The van der Waals surface area contributed by atoms with Crippen molar-refractivity contribution in [2.24, 2.45) is 0 Å². The van der Waals surface area contributed by atoms with Crippen molar-refractivity contribution in [3.63, 3.8) is 0 Å². The van der Waals surface area contributed by atoms with Crippen molar-refractivity contribution >= 4 is 0 Å². The smallest absolute Gasteiger partial charge is 0.00445 e. The molecule has 0 bridgehead atoms. The van der Waals surface area contributed by atoms with Crippen LogP contribution in [0.4, 0.5) is 0 Å². The molecule has 2 atom stereocenters. The van der Waals surface area contributed by atoms with Gasteiger partial charge in [-0.05, 0) is 49.3 Å². The summed E-state index contributed by atoms with van der Waals surface area (Å²) in [6.07, 6.45) is 2.56. The summed E-state index contributed by atoms with van der Waals surface area (Å²) in [7, 11) is 0. The van der Waals surface area contributed by atoms with Gasteiger partial charge in [-0.25, -0.2) is 0 Å². The summed E-state index contributed by atoms with van der Waals surface area (Å²) in [6.45, 7) is 7.95. The van der Waals surface area contributed by atoms with Crippen LogP contribution in [0.2, 0.25) is 0 Å². The summed E-state index contributed by atoms with van der Waals surface area (Å²) in [5, 5.41) is 3.51. The van der Waals surface area contributed by atoms with Gasteiger partial charge in [0, 0.05) is 6.04 Å². The van der Waals surface area contributed by atoms with Gasteiger partial charge in [0.25, 0.3) is 0 Å². The molecular formula is C15H23N. The van der Waals surface area contributed by atoms with E-state index in [1.807, 2.05) is 0 Å². The van der Waals surface area contributed by atoms with E-state index in [2.05, 4.69) is 50.4 Å². The lowest BCUT2D eigenvalue weighted by molar-refractivity contribution is 0.381. The van der Waals surface area contributed by atoms with Gasteiger partial charge >= 0.3 is 0 Å². The fraction of sp³-hybridized carbons (Fsp3) is 0.600. The Hall–Kier alpha value is -0.820. The minimum Gasteiger partial charge on any atom is -0.314 e. The van der Waals surface area contributed by atoms with Crippen LogP contribution in [0.15, 0.2) is 24.3 Å². The molecule has 1 aromatic carbocycles. The molecule has 16 heavy (non-hydrogen) atoms. The summed E-state index contributed by atoms with van der Waals surface area (Å²) >= 11 is 0. The van der Waals surface area contributed by atoms with Crippen molar-refractivity contribution < 1.29 is 0 Å². The first-order chi connectivity index (χ1) is 7.66. The number of rotatable bonds is 2. The predicted octanol–water partition coefficient (Wildman–Crippen LogP) is 3.67. The van der Waals surface area contributed by atoms with Gasteiger partial charge in [0.05, 0.1) is 0 Å². The average Bonchev–Trinajstić information content (AvgIpc) is 2.29. The fourth-order valence-electron chi connectivity index (χ4n) is 2.59. The van der Waals surface area contributed by atoms with E-state index in [1.165, 1.54) is 24.0 Å². The molecule has 1 heteroatoms. The highest BCUT2D eigenvalue weighted by Crippen LogP contribution is 2.28. The lowest BCUT2D eigenvalue weighted by Crippen LogP contribution is -2.34. The highest BCUT2D eigenvalue weighted by Gasteiger charge is 2.19. The van der Waals surface area contributed by atoms with Crippen LogP contribution in [-0.4, -0.2) is 12.6 Å². The standard InChI is InChI=1S/C15H23N/c1-11(2)13-4-6-14(7-5-13)15-8-9-16-12(3)10-15/h4-7,11-12,15-16H,8-10H2,1-3H3. The van der Waals surface area contributed by atoms with Crippen LogP contribution >= 0.6 is 0 Å². The van der Waals surface area contributed by atoms with E-state index in [4.69, 9.17) is 0 Å². The molecule has 0 aliphatic carbocycles. The molecule has 1 N–H and O–H groups in total. The lowest BCUT2D eigenvalue weighted by Gasteiger charge is -2.28. The molecule has 1 nitrogen and oxygen atoms in total. The number of hydrogen-bond donors (Lipinski definition) is 1. The fourth-order valence-corrected chi connectivity index (χ4v) is 2.59. The van der Waals surface area contributed by atoms with Crippen LogP contribution in [0.3, 0.4) is 0 Å². The summed E-state index contributed by atoms with van der Waals surface area (Å²) in [6, 6.07) is 9.93. The maximum atomic E-state index is 3.51. The zero-order valence-electron chi connectivity index (χ0n) is 10.7. The molecule has 1 aromatic rings. The molecular weight excluding hydrogens is 194 g/mol. The molecule has 0 spiro atoms. The van der Waals surface area contributed by atoms with Crippen molar-refractivity contribution in [2.45, 2.75) is 51.5 Å². The molecule has 1 saturated heterocycles. The number of benzene rings is 1.